The van der Waals surface area contributed by atoms with Gasteiger partial charge in [-0.15, -0.1) is 0 Å². The number of hydrogen-bond acceptors (Lipinski definition) is 5. The molecule has 0 unspecified atom stereocenters. The smallest absolute Gasteiger partial charge is 0.323 e. The van der Waals surface area contributed by atoms with Crippen molar-refractivity contribution in [2.45, 2.75) is 26.7 Å². The number of phenolic OH excluding ortho intramolecular Hbond substituents is 1. The van der Waals surface area contributed by atoms with Crippen molar-refractivity contribution >= 4 is 11.9 Å². The van der Waals surface area contributed by atoms with Gasteiger partial charge < -0.3 is 14.6 Å². The highest BCUT2D eigenvalue weighted by atomic mass is 16.5. The molecule has 20 heavy (non-hydrogen) atoms. The standard InChI is InChI=1S/C15H18O5/c1-8-5-10-6-15(13(17)19-3,14(18)20-4)7-11(10)9(2)12(8)16/h5,16H,6-7H2,1-4H3. The summed E-state index contributed by atoms with van der Waals surface area (Å²) in [6.45, 7) is 3.57. The normalized spacial score (nSPS) is 15.6. The van der Waals surface area contributed by atoms with Crippen molar-refractivity contribution in [3.05, 3.63) is 28.3 Å². The lowest BCUT2D eigenvalue weighted by atomic mass is 9.84. The Hall–Kier alpha value is -2.04. The number of benzene rings is 1. The van der Waals surface area contributed by atoms with E-state index in [9.17, 15) is 14.7 Å². The highest BCUT2D eigenvalue weighted by molar-refractivity contribution is 6.01. The van der Waals surface area contributed by atoms with Crippen LogP contribution in [0.4, 0.5) is 0 Å². The summed E-state index contributed by atoms with van der Waals surface area (Å²) in [6, 6.07) is 1.81. The van der Waals surface area contributed by atoms with Crippen molar-refractivity contribution in [1.29, 1.82) is 0 Å². The summed E-state index contributed by atoms with van der Waals surface area (Å²) in [7, 11) is 2.51. The molecule has 1 N–H and O–H groups in total. The van der Waals surface area contributed by atoms with Gasteiger partial charge in [-0.05, 0) is 42.5 Å². The average Bonchev–Trinajstić information content (AvgIpc) is 2.83. The van der Waals surface area contributed by atoms with E-state index in [1.54, 1.807) is 13.8 Å². The quantitative estimate of drug-likeness (QED) is 0.654. The molecule has 0 aromatic heterocycles. The molecule has 1 aliphatic rings. The summed E-state index contributed by atoms with van der Waals surface area (Å²) in [4.78, 5) is 24.2. The topological polar surface area (TPSA) is 72.8 Å². The third kappa shape index (κ3) is 1.85. The number of phenols is 1. The minimum Gasteiger partial charge on any atom is -0.507 e. The molecule has 0 aliphatic heterocycles. The van der Waals surface area contributed by atoms with Gasteiger partial charge in [-0.25, -0.2) is 0 Å². The maximum atomic E-state index is 12.1. The molecule has 0 saturated carbocycles. The van der Waals surface area contributed by atoms with E-state index < -0.39 is 17.4 Å². The Morgan fingerprint density at radius 2 is 1.70 bits per heavy atom. The Morgan fingerprint density at radius 1 is 1.15 bits per heavy atom. The average molecular weight is 278 g/mol. The molecule has 108 valence electrons. The van der Waals surface area contributed by atoms with Gasteiger partial charge in [0.15, 0.2) is 5.41 Å². The van der Waals surface area contributed by atoms with Crippen molar-refractivity contribution in [3.8, 4) is 5.75 Å². The Bertz CT molecular complexity index is 572. The predicted octanol–water partition coefficient (Wildman–Crippen LogP) is 1.44. The molecule has 0 fully saturated rings. The summed E-state index contributed by atoms with van der Waals surface area (Å²) in [5, 5.41) is 10.00. The van der Waals surface area contributed by atoms with E-state index in [2.05, 4.69) is 0 Å². The molecule has 1 aliphatic carbocycles. The lowest BCUT2D eigenvalue weighted by molar-refractivity contribution is -0.168. The lowest BCUT2D eigenvalue weighted by Crippen LogP contribution is -2.42. The molecule has 1 aromatic carbocycles. The van der Waals surface area contributed by atoms with Gasteiger partial charge in [-0.3, -0.25) is 9.59 Å². The molecule has 0 bridgehead atoms. The fourth-order valence-corrected chi connectivity index (χ4v) is 2.95. The lowest BCUT2D eigenvalue weighted by Gasteiger charge is -2.22. The van der Waals surface area contributed by atoms with Crippen LogP contribution in [-0.4, -0.2) is 31.3 Å². The van der Waals surface area contributed by atoms with Gasteiger partial charge in [0.1, 0.15) is 5.75 Å². The second-order valence-electron chi connectivity index (χ2n) is 5.22. The first-order valence-electron chi connectivity index (χ1n) is 6.35. The summed E-state index contributed by atoms with van der Waals surface area (Å²) < 4.78 is 9.58. The number of carbonyl (C=O) groups is 2. The van der Waals surface area contributed by atoms with Crippen LogP contribution in [0.5, 0.6) is 5.75 Å². The highest BCUT2D eigenvalue weighted by Gasteiger charge is 2.53. The van der Waals surface area contributed by atoms with Crippen LogP contribution in [-0.2, 0) is 31.9 Å². The van der Waals surface area contributed by atoms with E-state index >= 15 is 0 Å². The molecule has 0 radical (unpaired) electrons. The monoisotopic (exact) mass is 278 g/mol. The van der Waals surface area contributed by atoms with Gasteiger partial charge in [-0.2, -0.15) is 0 Å². The molecule has 0 heterocycles. The molecule has 0 atom stereocenters. The Kier molecular flexibility index (Phi) is 3.46. The molecule has 1 aromatic rings. The van der Waals surface area contributed by atoms with E-state index in [1.807, 2.05) is 6.07 Å². The maximum Gasteiger partial charge on any atom is 0.323 e. The van der Waals surface area contributed by atoms with E-state index in [4.69, 9.17) is 9.47 Å². The number of hydrogen-bond donors (Lipinski definition) is 1. The molecule has 0 saturated heterocycles. The van der Waals surface area contributed by atoms with E-state index in [0.29, 0.717) is 5.56 Å². The number of aromatic hydroxyl groups is 1. The van der Waals surface area contributed by atoms with Gasteiger partial charge in [0.25, 0.3) is 0 Å². The number of fused-ring (bicyclic) bond motifs is 1. The van der Waals surface area contributed by atoms with Crippen LogP contribution >= 0.6 is 0 Å². The number of rotatable bonds is 2. The third-order valence-electron chi connectivity index (χ3n) is 4.08. The minimum absolute atomic E-state index is 0.196. The van der Waals surface area contributed by atoms with Crippen LogP contribution in [0.3, 0.4) is 0 Å². The van der Waals surface area contributed by atoms with Crippen LogP contribution in [0, 0.1) is 19.3 Å². The largest absolute Gasteiger partial charge is 0.507 e. The van der Waals surface area contributed by atoms with Gasteiger partial charge in [0.2, 0.25) is 0 Å². The molecule has 2 rings (SSSR count). The van der Waals surface area contributed by atoms with Crippen LogP contribution in [0.15, 0.2) is 6.07 Å². The molecular formula is C15H18O5. The first-order valence-corrected chi connectivity index (χ1v) is 6.35. The van der Waals surface area contributed by atoms with Crippen molar-refractivity contribution in [3.63, 3.8) is 0 Å². The summed E-state index contributed by atoms with van der Waals surface area (Å²) >= 11 is 0. The third-order valence-corrected chi connectivity index (χ3v) is 4.08. The zero-order chi connectivity index (χ0) is 15.1. The Morgan fingerprint density at radius 3 is 2.20 bits per heavy atom. The number of ether oxygens (including phenoxy) is 2. The van der Waals surface area contributed by atoms with Crippen molar-refractivity contribution in [1.82, 2.24) is 0 Å². The van der Waals surface area contributed by atoms with E-state index in [0.717, 1.165) is 16.7 Å². The minimum atomic E-state index is -1.34. The van der Waals surface area contributed by atoms with Crippen LogP contribution in [0.1, 0.15) is 22.3 Å². The Labute approximate surface area is 117 Å². The van der Waals surface area contributed by atoms with E-state index in [-0.39, 0.29) is 18.6 Å². The van der Waals surface area contributed by atoms with Gasteiger partial charge in [0.05, 0.1) is 14.2 Å². The number of esters is 2. The van der Waals surface area contributed by atoms with Crippen LogP contribution in [0.25, 0.3) is 0 Å². The highest BCUT2D eigenvalue weighted by Crippen LogP contribution is 2.43. The molecule has 0 spiro atoms. The predicted molar refractivity (Wildman–Crippen MR) is 71.5 cm³/mol. The second kappa shape index (κ2) is 4.81. The second-order valence-corrected chi connectivity index (χ2v) is 5.22. The molecule has 5 heteroatoms. The van der Waals surface area contributed by atoms with Gasteiger partial charge in [-0.1, -0.05) is 6.07 Å². The van der Waals surface area contributed by atoms with Gasteiger partial charge >= 0.3 is 11.9 Å². The summed E-state index contributed by atoms with van der Waals surface area (Å²) in [5.41, 5.74) is 1.80. The first kappa shape index (κ1) is 14.4. The van der Waals surface area contributed by atoms with Crippen LogP contribution in [0.2, 0.25) is 0 Å². The maximum absolute atomic E-state index is 12.1. The SMILES string of the molecule is COC(=O)C1(C(=O)OC)Cc2cc(C)c(O)c(C)c2C1. The van der Waals surface area contributed by atoms with Crippen molar-refractivity contribution < 1.29 is 24.2 Å². The van der Waals surface area contributed by atoms with Crippen molar-refractivity contribution in [2.75, 3.05) is 14.2 Å². The molecule has 0 amide bonds. The zero-order valence-corrected chi connectivity index (χ0v) is 12.1. The first-order chi connectivity index (χ1) is 9.37. The fraction of sp³-hybridized carbons (Fsp3) is 0.467. The van der Waals surface area contributed by atoms with Crippen molar-refractivity contribution in [2.24, 2.45) is 5.41 Å². The Balaban J connectivity index is 2.56. The number of carbonyl (C=O) groups excluding carboxylic acids is 2. The molecular weight excluding hydrogens is 260 g/mol. The summed E-state index contributed by atoms with van der Waals surface area (Å²) in [5.74, 6) is -0.997. The number of aryl methyl sites for hydroxylation is 1. The van der Waals surface area contributed by atoms with Crippen LogP contribution < -0.4 is 0 Å². The molecule has 5 nitrogen and oxygen atoms in total. The van der Waals surface area contributed by atoms with E-state index in [1.165, 1.54) is 14.2 Å². The summed E-state index contributed by atoms with van der Waals surface area (Å²) in [6.07, 6.45) is 0.436. The number of methoxy groups -OCH3 is 2. The fourth-order valence-electron chi connectivity index (χ4n) is 2.95. The zero-order valence-electron chi connectivity index (χ0n) is 12.1. The van der Waals surface area contributed by atoms with Gasteiger partial charge in [0, 0.05) is 6.42 Å².